The summed E-state index contributed by atoms with van der Waals surface area (Å²) in [6.07, 6.45) is 0.275. The zero-order valence-corrected chi connectivity index (χ0v) is 24.2. The Bertz CT molecular complexity index is 1460. The van der Waals surface area contributed by atoms with Gasteiger partial charge in [0.15, 0.2) is 0 Å². The average molecular weight is 583 g/mol. The predicted molar refractivity (Wildman–Crippen MR) is 155 cm³/mol. The number of nitro benzene ring substituents is 1. The van der Waals surface area contributed by atoms with Crippen molar-refractivity contribution in [2.45, 2.75) is 50.7 Å². The van der Waals surface area contributed by atoms with E-state index in [2.05, 4.69) is 5.32 Å². The number of ether oxygens (including phenoxy) is 1. The van der Waals surface area contributed by atoms with Crippen LogP contribution >= 0.6 is 0 Å². The standard InChI is InChI=1S/C29H34N4O7S/c1-5-27(29(35)30-21(2)3)31(19-22-10-9-11-25(18-22)40-4)28(34)20-32(23-14-16-24(17-15-23)33(36)37)41(38,39)26-12-7-6-8-13-26/h6-18,21,27H,5,19-20H2,1-4H3,(H,30,35). The second kappa shape index (κ2) is 13.8. The number of nitrogens with one attached hydrogen (secondary N) is 1. The molecule has 0 spiro atoms. The highest BCUT2D eigenvalue weighted by atomic mass is 32.2. The number of hydrogen-bond donors (Lipinski definition) is 1. The van der Waals surface area contributed by atoms with E-state index in [1.165, 1.54) is 48.4 Å². The van der Waals surface area contributed by atoms with E-state index in [0.29, 0.717) is 11.3 Å². The third-order valence-electron chi connectivity index (χ3n) is 6.26. The molecule has 0 bridgehead atoms. The Morgan fingerprint density at radius 3 is 2.22 bits per heavy atom. The maximum atomic E-state index is 14.0. The molecule has 11 nitrogen and oxygen atoms in total. The number of nitrogens with zero attached hydrogens (tertiary/aromatic N) is 3. The van der Waals surface area contributed by atoms with Gasteiger partial charge in [-0.25, -0.2) is 8.42 Å². The summed E-state index contributed by atoms with van der Waals surface area (Å²) in [7, 11) is -2.76. The van der Waals surface area contributed by atoms with Crippen molar-refractivity contribution in [3.63, 3.8) is 0 Å². The fourth-order valence-corrected chi connectivity index (χ4v) is 5.69. The molecule has 0 aliphatic heterocycles. The van der Waals surface area contributed by atoms with Crippen molar-refractivity contribution in [1.82, 2.24) is 10.2 Å². The molecular weight excluding hydrogens is 548 g/mol. The van der Waals surface area contributed by atoms with Crippen molar-refractivity contribution in [2.24, 2.45) is 0 Å². The largest absolute Gasteiger partial charge is 0.497 e. The second-order valence-corrected chi connectivity index (χ2v) is 11.4. The van der Waals surface area contributed by atoms with Crippen LogP contribution in [0.4, 0.5) is 11.4 Å². The van der Waals surface area contributed by atoms with E-state index in [9.17, 15) is 28.1 Å². The first-order chi connectivity index (χ1) is 19.5. The summed E-state index contributed by atoms with van der Waals surface area (Å²) < 4.78 is 33.8. The monoisotopic (exact) mass is 582 g/mol. The van der Waals surface area contributed by atoms with Crippen LogP contribution in [0.2, 0.25) is 0 Å². The van der Waals surface area contributed by atoms with E-state index in [1.807, 2.05) is 13.8 Å². The summed E-state index contributed by atoms with van der Waals surface area (Å²) >= 11 is 0. The maximum Gasteiger partial charge on any atom is 0.269 e. The van der Waals surface area contributed by atoms with Gasteiger partial charge in [-0.1, -0.05) is 37.3 Å². The molecule has 12 heteroatoms. The molecule has 0 radical (unpaired) electrons. The molecule has 3 rings (SSSR count). The summed E-state index contributed by atoms with van der Waals surface area (Å²) in [5.41, 5.74) is 0.517. The number of carbonyl (C=O) groups is 2. The summed E-state index contributed by atoms with van der Waals surface area (Å²) in [6, 6.07) is 18.4. The van der Waals surface area contributed by atoms with E-state index in [-0.39, 0.29) is 41.2 Å². The molecule has 1 unspecified atom stereocenters. The Kier molecular flexibility index (Phi) is 10.4. The molecule has 1 atom stereocenters. The van der Waals surface area contributed by atoms with Crippen LogP contribution < -0.4 is 14.4 Å². The lowest BCUT2D eigenvalue weighted by Gasteiger charge is -2.33. The lowest BCUT2D eigenvalue weighted by atomic mass is 10.1. The van der Waals surface area contributed by atoms with Crippen LogP contribution in [0.25, 0.3) is 0 Å². The number of anilines is 1. The van der Waals surface area contributed by atoms with Gasteiger partial charge in [0.1, 0.15) is 18.3 Å². The van der Waals surface area contributed by atoms with Gasteiger partial charge in [0.25, 0.3) is 15.7 Å². The highest BCUT2D eigenvalue weighted by Crippen LogP contribution is 2.27. The number of non-ortho nitro benzene ring substituents is 1. The van der Waals surface area contributed by atoms with Crippen LogP contribution in [0, 0.1) is 10.1 Å². The molecule has 0 aliphatic rings. The molecule has 3 aromatic carbocycles. The van der Waals surface area contributed by atoms with Crippen LogP contribution in [-0.4, -0.2) is 55.8 Å². The van der Waals surface area contributed by atoms with Gasteiger partial charge >= 0.3 is 0 Å². The molecule has 1 N–H and O–H groups in total. The molecule has 3 aromatic rings. The van der Waals surface area contributed by atoms with E-state index in [1.54, 1.807) is 49.4 Å². The van der Waals surface area contributed by atoms with Gasteiger partial charge in [-0.2, -0.15) is 0 Å². The smallest absolute Gasteiger partial charge is 0.269 e. The number of carbonyl (C=O) groups excluding carboxylic acids is 2. The van der Waals surface area contributed by atoms with Crippen molar-refractivity contribution < 1.29 is 27.7 Å². The summed E-state index contributed by atoms with van der Waals surface area (Å²) in [6.45, 7) is 4.75. The topological polar surface area (TPSA) is 139 Å². The van der Waals surface area contributed by atoms with Gasteiger partial charge in [-0.3, -0.25) is 24.0 Å². The molecule has 0 fully saturated rings. The predicted octanol–water partition coefficient (Wildman–Crippen LogP) is 4.13. The molecule has 2 amide bonds. The van der Waals surface area contributed by atoms with Crippen LogP contribution in [0.15, 0.2) is 83.8 Å². The molecule has 0 saturated carbocycles. The molecule has 0 saturated heterocycles. The number of rotatable bonds is 13. The lowest BCUT2D eigenvalue weighted by Crippen LogP contribution is -2.53. The lowest BCUT2D eigenvalue weighted by molar-refractivity contribution is -0.384. The summed E-state index contributed by atoms with van der Waals surface area (Å²) in [5.74, 6) is -0.434. The number of amides is 2. The van der Waals surface area contributed by atoms with Crippen LogP contribution in [0.1, 0.15) is 32.8 Å². The Balaban J connectivity index is 2.08. The second-order valence-electron chi connectivity index (χ2n) is 9.56. The molecule has 0 heterocycles. The van der Waals surface area contributed by atoms with Gasteiger partial charge < -0.3 is 15.0 Å². The molecule has 218 valence electrons. The van der Waals surface area contributed by atoms with Gasteiger partial charge in [-0.15, -0.1) is 0 Å². The van der Waals surface area contributed by atoms with Crippen molar-refractivity contribution in [2.75, 3.05) is 18.0 Å². The highest BCUT2D eigenvalue weighted by Gasteiger charge is 2.34. The first-order valence-electron chi connectivity index (χ1n) is 13.0. The number of benzene rings is 3. The third kappa shape index (κ3) is 7.82. The third-order valence-corrected chi connectivity index (χ3v) is 8.05. The molecular formula is C29H34N4O7S. The SMILES string of the molecule is CCC(C(=O)NC(C)C)N(Cc1cccc(OC)c1)C(=O)CN(c1ccc([N+](=O)[O-])cc1)S(=O)(=O)c1ccccc1. The van der Waals surface area contributed by atoms with Crippen LogP contribution in [0.3, 0.4) is 0 Å². The maximum absolute atomic E-state index is 14.0. The van der Waals surface area contributed by atoms with Crippen LogP contribution in [-0.2, 0) is 26.2 Å². The summed E-state index contributed by atoms with van der Waals surface area (Å²) in [4.78, 5) is 39.1. The van der Waals surface area contributed by atoms with Gasteiger partial charge in [-0.05, 0) is 62.2 Å². The number of sulfonamides is 1. The number of methoxy groups -OCH3 is 1. The minimum Gasteiger partial charge on any atom is -0.497 e. The van der Waals surface area contributed by atoms with Gasteiger partial charge in [0, 0.05) is 24.7 Å². The Morgan fingerprint density at radius 2 is 1.66 bits per heavy atom. The van der Waals surface area contributed by atoms with E-state index in [4.69, 9.17) is 4.74 Å². The van der Waals surface area contributed by atoms with Gasteiger partial charge in [0.2, 0.25) is 11.8 Å². The zero-order valence-electron chi connectivity index (χ0n) is 23.4. The first kappa shape index (κ1) is 31.1. The number of hydrogen-bond acceptors (Lipinski definition) is 7. The minimum atomic E-state index is -4.28. The highest BCUT2D eigenvalue weighted by molar-refractivity contribution is 7.92. The Morgan fingerprint density at radius 1 is 1.00 bits per heavy atom. The molecule has 0 aromatic heterocycles. The molecule has 0 aliphatic carbocycles. The quantitative estimate of drug-likeness (QED) is 0.236. The van der Waals surface area contributed by atoms with Crippen LogP contribution in [0.5, 0.6) is 5.75 Å². The van der Waals surface area contributed by atoms with Gasteiger partial charge in [0.05, 0.1) is 22.6 Å². The number of nitro groups is 1. The fourth-order valence-electron chi connectivity index (χ4n) is 4.26. The fraction of sp³-hybridized carbons (Fsp3) is 0.310. The van der Waals surface area contributed by atoms with Crippen molar-refractivity contribution >= 4 is 33.2 Å². The first-order valence-corrected chi connectivity index (χ1v) is 14.5. The Labute approximate surface area is 239 Å². The average Bonchev–Trinajstić information content (AvgIpc) is 2.95. The normalized spacial score (nSPS) is 11.9. The van der Waals surface area contributed by atoms with E-state index >= 15 is 0 Å². The Hall–Kier alpha value is -4.45. The van der Waals surface area contributed by atoms with Crippen molar-refractivity contribution in [3.05, 3.63) is 94.5 Å². The van der Waals surface area contributed by atoms with E-state index in [0.717, 1.165) is 4.31 Å². The minimum absolute atomic E-state index is 0.0134. The van der Waals surface area contributed by atoms with E-state index < -0.39 is 33.4 Å². The zero-order chi connectivity index (χ0) is 30.2. The summed E-state index contributed by atoms with van der Waals surface area (Å²) in [5, 5.41) is 14.0. The van der Waals surface area contributed by atoms with Crippen molar-refractivity contribution in [3.8, 4) is 5.75 Å². The van der Waals surface area contributed by atoms with Crippen molar-refractivity contribution in [1.29, 1.82) is 0 Å². The molecule has 41 heavy (non-hydrogen) atoms.